The summed E-state index contributed by atoms with van der Waals surface area (Å²) >= 11 is 0. The molecule has 2 N–H and O–H groups in total. The van der Waals surface area contributed by atoms with Gasteiger partial charge in [0.1, 0.15) is 10.7 Å². The minimum Gasteiger partial charge on any atom is -0.338 e. The first-order chi connectivity index (χ1) is 12.8. The van der Waals surface area contributed by atoms with E-state index >= 15 is 0 Å². The molecule has 8 heteroatoms. The van der Waals surface area contributed by atoms with Gasteiger partial charge < -0.3 is 10.6 Å². The van der Waals surface area contributed by atoms with Gasteiger partial charge in [-0.05, 0) is 51.2 Å². The molecule has 0 aliphatic carbocycles. The molecule has 6 nitrogen and oxygen atoms in total. The van der Waals surface area contributed by atoms with E-state index in [4.69, 9.17) is 5.73 Å². The molecule has 2 saturated heterocycles. The molecule has 0 aromatic heterocycles. The molecule has 1 amide bonds. The third kappa shape index (κ3) is 4.17. The molecule has 3 rings (SSSR count). The summed E-state index contributed by atoms with van der Waals surface area (Å²) in [6.07, 6.45) is 3.89. The number of rotatable bonds is 4. The van der Waals surface area contributed by atoms with Crippen molar-refractivity contribution in [3.05, 3.63) is 30.1 Å². The van der Waals surface area contributed by atoms with Crippen molar-refractivity contribution in [3.8, 4) is 0 Å². The first-order valence-corrected chi connectivity index (χ1v) is 11.1. The third-order valence-corrected chi connectivity index (χ3v) is 7.63. The molecule has 150 valence electrons. The molecule has 2 aliphatic rings. The average molecular weight is 398 g/mol. The van der Waals surface area contributed by atoms with Crippen LogP contribution >= 0.6 is 0 Å². The number of hydrogen-bond acceptors (Lipinski definition) is 4. The average Bonchev–Trinajstić information content (AvgIpc) is 2.67. The van der Waals surface area contributed by atoms with Gasteiger partial charge in [-0.2, -0.15) is 4.31 Å². The van der Waals surface area contributed by atoms with Crippen molar-refractivity contribution in [2.24, 2.45) is 11.7 Å². The third-order valence-electron chi connectivity index (χ3n) is 5.70. The van der Waals surface area contributed by atoms with E-state index in [0.717, 1.165) is 31.9 Å². The Balaban J connectivity index is 1.66. The van der Waals surface area contributed by atoms with E-state index < -0.39 is 15.8 Å². The highest BCUT2D eigenvalue weighted by Crippen LogP contribution is 2.29. The van der Waals surface area contributed by atoms with E-state index in [-0.39, 0.29) is 41.9 Å². The van der Waals surface area contributed by atoms with Gasteiger partial charge in [-0.1, -0.05) is 12.1 Å². The molecule has 2 atom stereocenters. The quantitative estimate of drug-likeness (QED) is 0.842. The first-order valence-electron chi connectivity index (χ1n) is 9.63. The van der Waals surface area contributed by atoms with Crippen LogP contribution in [0.1, 0.15) is 39.0 Å². The molecular formula is C19H28FN3O3S. The molecule has 0 spiro atoms. The number of carbonyl (C=O) groups excluding carboxylic acids is 1. The number of halogens is 1. The van der Waals surface area contributed by atoms with E-state index in [1.807, 2.05) is 11.8 Å². The van der Waals surface area contributed by atoms with Gasteiger partial charge in [-0.15, -0.1) is 0 Å². The zero-order chi connectivity index (χ0) is 19.6. The summed E-state index contributed by atoms with van der Waals surface area (Å²) in [6, 6.07) is 5.39. The Kier molecular flexibility index (Phi) is 6.18. The van der Waals surface area contributed by atoms with Crippen LogP contribution in [-0.2, 0) is 14.8 Å². The maximum Gasteiger partial charge on any atom is 0.245 e. The van der Waals surface area contributed by atoms with Crippen LogP contribution in [0.4, 0.5) is 4.39 Å². The SMILES string of the molecule is CC(N)C1CCCCN1C(=O)C1CCN(S(=O)(=O)c2ccccc2F)CC1. The predicted molar refractivity (Wildman–Crippen MR) is 101 cm³/mol. The van der Waals surface area contributed by atoms with Crippen LogP contribution in [-0.4, -0.2) is 55.2 Å². The fourth-order valence-electron chi connectivity index (χ4n) is 4.15. The highest BCUT2D eigenvalue weighted by Gasteiger charge is 2.37. The van der Waals surface area contributed by atoms with Gasteiger partial charge in [-0.25, -0.2) is 12.8 Å². The van der Waals surface area contributed by atoms with Gasteiger partial charge in [0.2, 0.25) is 15.9 Å². The van der Waals surface area contributed by atoms with Crippen molar-refractivity contribution >= 4 is 15.9 Å². The Hall–Kier alpha value is -1.51. The van der Waals surface area contributed by atoms with Gasteiger partial charge in [0.15, 0.2) is 0 Å². The van der Waals surface area contributed by atoms with Gasteiger partial charge >= 0.3 is 0 Å². The second kappa shape index (κ2) is 8.24. The molecule has 2 aliphatic heterocycles. The number of hydrogen-bond donors (Lipinski definition) is 1. The summed E-state index contributed by atoms with van der Waals surface area (Å²) in [7, 11) is -3.88. The van der Waals surface area contributed by atoms with Crippen LogP contribution in [0.25, 0.3) is 0 Å². The van der Waals surface area contributed by atoms with Crippen LogP contribution in [0, 0.1) is 11.7 Å². The summed E-state index contributed by atoms with van der Waals surface area (Å²) in [5.41, 5.74) is 6.07. The normalized spacial score (nSPS) is 24.0. The summed E-state index contributed by atoms with van der Waals surface area (Å²) in [5, 5.41) is 0. The van der Waals surface area contributed by atoms with Crippen LogP contribution in [0.3, 0.4) is 0 Å². The van der Waals surface area contributed by atoms with Gasteiger partial charge in [0.05, 0.1) is 0 Å². The van der Waals surface area contributed by atoms with Crippen molar-refractivity contribution in [1.82, 2.24) is 9.21 Å². The second-order valence-corrected chi connectivity index (χ2v) is 9.47. The monoisotopic (exact) mass is 397 g/mol. The molecule has 0 radical (unpaired) electrons. The smallest absolute Gasteiger partial charge is 0.245 e. The predicted octanol–water partition coefficient (Wildman–Crippen LogP) is 1.95. The number of carbonyl (C=O) groups is 1. The molecule has 2 heterocycles. The lowest BCUT2D eigenvalue weighted by molar-refractivity contribution is -0.141. The standard InChI is InChI=1S/C19H28FN3O3S/c1-14(21)17-7-4-5-11-23(17)19(24)15-9-12-22(13-10-15)27(25,26)18-8-3-2-6-16(18)20/h2-3,6,8,14-15,17H,4-5,7,9-13,21H2,1H3. The van der Waals surface area contributed by atoms with Crippen LogP contribution in [0.15, 0.2) is 29.2 Å². The molecule has 2 fully saturated rings. The zero-order valence-electron chi connectivity index (χ0n) is 15.7. The van der Waals surface area contributed by atoms with E-state index in [1.165, 1.54) is 22.5 Å². The number of piperidine rings is 2. The zero-order valence-corrected chi connectivity index (χ0v) is 16.5. The highest BCUT2D eigenvalue weighted by molar-refractivity contribution is 7.89. The summed E-state index contributed by atoms with van der Waals surface area (Å²) < 4.78 is 40.6. The van der Waals surface area contributed by atoms with Crippen LogP contribution < -0.4 is 5.73 Å². The van der Waals surface area contributed by atoms with E-state index in [1.54, 1.807) is 0 Å². The summed E-state index contributed by atoms with van der Waals surface area (Å²) in [4.78, 5) is 14.6. The van der Waals surface area contributed by atoms with E-state index in [9.17, 15) is 17.6 Å². The van der Waals surface area contributed by atoms with Crippen molar-refractivity contribution in [2.75, 3.05) is 19.6 Å². The Morgan fingerprint density at radius 3 is 2.44 bits per heavy atom. The summed E-state index contributed by atoms with van der Waals surface area (Å²) in [6.45, 7) is 3.10. The van der Waals surface area contributed by atoms with Crippen LogP contribution in [0.5, 0.6) is 0 Å². The van der Waals surface area contributed by atoms with Gasteiger partial charge in [0.25, 0.3) is 0 Å². The summed E-state index contributed by atoms with van der Waals surface area (Å²) in [5.74, 6) is -0.861. The maximum atomic E-state index is 13.9. The second-order valence-electron chi connectivity index (χ2n) is 7.56. The molecular weight excluding hydrogens is 369 g/mol. The number of nitrogens with zero attached hydrogens (tertiary/aromatic N) is 2. The van der Waals surface area contributed by atoms with E-state index in [2.05, 4.69) is 0 Å². The fraction of sp³-hybridized carbons (Fsp3) is 0.632. The highest BCUT2D eigenvalue weighted by atomic mass is 32.2. The van der Waals surface area contributed by atoms with Crippen molar-refractivity contribution in [3.63, 3.8) is 0 Å². The Morgan fingerprint density at radius 2 is 1.81 bits per heavy atom. The number of benzene rings is 1. The number of nitrogens with two attached hydrogens (primary N) is 1. The van der Waals surface area contributed by atoms with Crippen molar-refractivity contribution in [1.29, 1.82) is 0 Å². The van der Waals surface area contributed by atoms with Gasteiger partial charge in [0, 0.05) is 37.6 Å². The topological polar surface area (TPSA) is 83.7 Å². The van der Waals surface area contributed by atoms with Crippen LogP contribution in [0.2, 0.25) is 0 Å². The lowest BCUT2D eigenvalue weighted by atomic mass is 9.91. The number of likely N-dealkylation sites (tertiary alicyclic amines) is 1. The molecule has 1 aromatic carbocycles. The maximum absolute atomic E-state index is 13.9. The van der Waals surface area contributed by atoms with Gasteiger partial charge in [-0.3, -0.25) is 4.79 Å². The molecule has 0 saturated carbocycles. The van der Waals surface area contributed by atoms with Crippen molar-refractivity contribution in [2.45, 2.75) is 56.0 Å². The Labute approximate surface area is 160 Å². The first kappa shape index (κ1) is 20.2. The Morgan fingerprint density at radius 1 is 1.15 bits per heavy atom. The molecule has 2 unspecified atom stereocenters. The molecule has 27 heavy (non-hydrogen) atoms. The number of sulfonamides is 1. The number of amides is 1. The lowest BCUT2D eigenvalue weighted by Crippen LogP contribution is -2.54. The van der Waals surface area contributed by atoms with Crippen molar-refractivity contribution < 1.29 is 17.6 Å². The largest absolute Gasteiger partial charge is 0.338 e. The Bertz CT molecular complexity index is 776. The minimum atomic E-state index is -3.88. The molecule has 0 bridgehead atoms. The fourth-order valence-corrected chi connectivity index (χ4v) is 5.68. The lowest BCUT2D eigenvalue weighted by Gasteiger charge is -2.41. The minimum absolute atomic E-state index is 0.0615. The molecule has 1 aromatic rings. The van der Waals surface area contributed by atoms with E-state index in [0.29, 0.717) is 12.8 Å².